The predicted octanol–water partition coefficient (Wildman–Crippen LogP) is 3.84. The lowest BCUT2D eigenvalue weighted by Gasteiger charge is -2.20. The van der Waals surface area contributed by atoms with Crippen LogP contribution in [0.25, 0.3) is 11.0 Å². The monoisotopic (exact) mass is 283 g/mol. The van der Waals surface area contributed by atoms with Crippen LogP contribution in [0.15, 0.2) is 46.9 Å². The van der Waals surface area contributed by atoms with Crippen molar-refractivity contribution < 1.29 is 9.21 Å². The van der Waals surface area contributed by atoms with Gasteiger partial charge in [0, 0.05) is 23.8 Å². The van der Waals surface area contributed by atoms with Gasteiger partial charge in [0.15, 0.2) is 0 Å². The molecule has 3 rings (SSSR count). The van der Waals surface area contributed by atoms with Crippen LogP contribution in [0.3, 0.4) is 0 Å². The van der Waals surface area contributed by atoms with Crippen molar-refractivity contribution in [1.29, 1.82) is 0 Å². The van der Waals surface area contributed by atoms with E-state index >= 15 is 0 Å². The Morgan fingerprint density at radius 1 is 1.38 bits per heavy atom. The first kappa shape index (κ1) is 13.9. The first-order chi connectivity index (χ1) is 10.2. The summed E-state index contributed by atoms with van der Waals surface area (Å²) in [6.45, 7) is 2.03. The highest BCUT2D eigenvalue weighted by molar-refractivity contribution is 5.79. The van der Waals surface area contributed by atoms with E-state index in [-0.39, 0.29) is 17.9 Å². The van der Waals surface area contributed by atoms with Crippen LogP contribution in [-0.2, 0) is 11.2 Å². The highest BCUT2D eigenvalue weighted by atomic mass is 16.3. The first-order valence-electron chi connectivity index (χ1n) is 7.65. The smallest absolute Gasteiger partial charge is 0.223 e. The van der Waals surface area contributed by atoms with Crippen LogP contribution < -0.4 is 5.32 Å². The largest absolute Gasteiger partial charge is 0.461 e. The molecule has 0 spiro atoms. The Hall–Kier alpha value is -2.03. The minimum absolute atomic E-state index is 0.0870. The van der Waals surface area contributed by atoms with E-state index in [1.54, 1.807) is 0 Å². The van der Waals surface area contributed by atoms with Crippen molar-refractivity contribution in [2.24, 2.45) is 5.92 Å². The summed E-state index contributed by atoms with van der Waals surface area (Å²) in [6, 6.07) is 10.1. The van der Waals surface area contributed by atoms with Crippen molar-refractivity contribution >= 4 is 16.9 Å². The van der Waals surface area contributed by atoms with Crippen LogP contribution in [0, 0.1) is 5.92 Å². The maximum atomic E-state index is 12.2. The molecule has 0 fully saturated rings. The number of para-hydroxylation sites is 1. The second kappa shape index (κ2) is 6.17. The zero-order valence-electron chi connectivity index (χ0n) is 12.3. The molecule has 1 aliphatic carbocycles. The maximum Gasteiger partial charge on any atom is 0.223 e. The van der Waals surface area contributed by atoms with Gasteiger partial charge in [-0.2, -0.15) is 0 Å². The lowest BCUT2D eigenvalue weighted by Crippen LogP contribution is -2.38. The molecule has 3 nitrogen and oxygen atoms in total. The van der Waals surface area contributed by atoms with Gasteiger partial charge in [-0.3, -0.25) is 4.79 Å². The van der Waals surface area contributed by atoms with Gasteiger partial charge in [0.25, 0.3) is 0 Å². The standard InChI is InChI=1S/C18H21NO2/c1-13(19-18(20)14-7-3-2-4-8-14)11-16-12-15-9-5-6-10-17(15)21-16/h2-3,5-6,9-10,12-14H,4,7-8,11H2,1H3,(H,19,20)/t13-,14-/m0/s1. The SMILES string of the molecule is C[C@@H](Cc1cc2ccccc2o1)NC(=O)[C@H]1CC=CCC1. The Bertz CT molecular complexity index is 623. The van der Waals surface area contributed by atoms with Crippen molar-refractivity contribution in [2.45, 2.75) is 38.6 Å². The number of carbonyl (C=O) groups excluding carboxylic acids is 1. The van der Waals surface area contributed by atoms with E-state index in [4.69, 9.17) is 4.42 Å². The number of allylic oxidation sites excluding steroid dienone is 2. The third-order valence-electron chi connectivity index (χ3n) is 4.01. The molecule has 0 unspecified atom stereocenters. The van der Waals surface area contributed by atoms with E-state index in [0.717, 1.165) is 42.4 Å². The second-order valence-corrected chi connectivity index (χ2v) is 5.85. The van der Waals surface area contributed by atoms with E-state index in [2.05, 4.69) is 23.5 Å². The molecule has 1 aromatic heterocycles. The summed E-state index contributed by atoms with van der Waals surface area (Å²) in [4.78, 5) is 12.2. The summed E-state index contributed by atoms with van der Waals surface area (Å²) >= 11 is 0. The third kappa shape index (κ3) is 3.35. The molecule has 1 amide bonds. The summed E-state index contributed by atoms with van der Waals surface area (Å²) in [5, 5.41) is 4.22. The summed E-state index contributed by atoms with van der Waals surface area (Å²) in [6.07, 6.45) is 7.82. The molecule has 1 aliphatic rings. The number of nitrogens with one attached hydrogen (secondary N) is 1. The minimum Gasteiger partial charge on any atom is -0.461 e. The number of rotatable bonds is 4. The summed E-state index contributed by atoms with van der Waals surface area (Å²) in [5.74, 6) is 1.23. The van der Waals surface area contributed by atoms with E-state index in [1.165, 1.54) is 0 Å². The summed E-state index contributed by atoms with van der Waals surface area (Å²) < 4.78 is 5.80. The van der Waals surface area contributed by atoms with Crippen molar-refractivity contribution in [2.75, 3.05) is 0 Å². The van der Waals surface area contributed by atoms with Gasteiger partial charge < -0.3 is 9.73 Å². The van der Waals surface area contributed by atoms with Gasteiger partial charge in [0.2, 0.25) is 5.91 Å². The quantitative estimate of drug-likeness (QED) is 0.866. The lowest BCUT2D eigenvalue weighted by atomic mass is 9.93. The number of carbonyl (C=O) groups is 1. The molecule has 3 heteroatoms. The van der Waals surface area contributed by atoms with Crippen LogP contribution in [0.2, 0.25) is 0 Å². The van der Waals surface area contributed by atoms with Crippen molar-refractivity contribution in [3.8, 4) is 0 Å². The average Bonchev–Trinajstić information content (AvgIpc) is 2.90. The van der Waals surface area contributed by atoms with Gasteiger partial charge in [-0.15, -0.1) is 0 Å². The number of benzene rings is 1. The molecular formula is C18H21NO2. The molecule has 2 aromatic rings. The van der Waals surface area contributed by atoms with Gasteiger partial charge >= 0.3 is 0 Å². The predicted molar refractivity (Wildman–Crippen MR) is 84.0 cm³/mol. The maximum absolute atomic E-state index is 12.2. The van der Waals surface area contributed by atoms with Crippen LogP contribution in [0.4, 0.5) is 0 Å². The Morgan fingerprint density at radius 3 is 3.00 bits per heavy atom. The van der Waals surface area contributed by atoms with Crippen molar-refractivity contribution in [3.05, 3.63) is 48.2 Å². The highest BCUT2D eigenvalue weighted by Crippen LogP contribution is 2.21. The fourth-order valence-electron chi connectivity index (χ4n) is 2.88. The second-order valence-electron chi connectivity index (χ2n) is 5.85. The fraction of sp³-hybridized carbons (Fsp3) is 0.389. The molecule has 0 saturated heterocycles. The molecule has 2 atom stereocenters. The number of fused-ring (bicyclic) bond motifs is 1. The van der Waals surface area contributed by atoms with E-state index in [0.29, 0.717) is 0 Å². The number of furan rings is 1. The molecule has 0 saturated carbocycles. The molecular weight excluding hydrogens is 262 g/mol. The Balaban J connectivity index is 1.59. The fourth-order valence-corrected chi connectivity index (χ4v) is 2.88. The van der Waals surface area contributed by atoms with Crippen LogP contribution >= 0.6 is 0 Å². The lowest BCUT2D eigenvalue weighted by molar-refractivity contribution is -0.125. The molecule has 0 radical (unpaired) electrons. The third-order valence-corrected chi connectivity index (χ3v) is 4.01. The van der Waals surface area contributed by atoms with Crippen LogP contribution in [0.5, 0.6) is 0 Å². The Labute approximate surface area is 125 Å². The average molecular weight is 283 g/mol. The number of amides is 1. The van der Waals surface area contributed by atoms with Gasteiger partial charge in [0.1, 0.15) is 11.3 Å². The topological polar surface area (TPSA) is 42.2 Å². The van der Waals surface area contributed by atoms with E-state index < -0.39 is 0 Å². The Morgan fingerprint density at radius 2 is 2.24 bits per heavy atom. The van der Waals surface area contributed by atoms with Gasteiger partial charge in [-0.1, -0.05) is 30.4 Å². The Kier molecular flexibility index (Phi) is 4.09. The molecule has 1 aromatic carbocycles. The summed E-state index contributed by atoms with van der Waals surface area (Å²) in [5.41, 5.74) is 0.906. The molecule has 0 bridgehead atoms. The zero-order valence-corrected chi connectivity index (χ0v) is 12.3. The van der Waals surface area contributed by atoms with Crippen molar-refractivity contribution in [3.63, 3.8) is 0 Å². The van der Waals surface area contributed by atoms with Gasteiger partial charge in [0.05, 0.1) is 0 Å². The highest BCUT2D eigenvalue weighted by Gasteiger charge is 2.20. The summed E-state index contributed by atoms with van der Waals surface area (Å²) in [7, 11) is 0. The molecule has 0 aliphatic heterocycles. The molecule has 21 heavy (non-hydrogen) atoms. The normalized spacial score (nSPS) is 19.6. The van der Waals surface area contributed by atoms with Crippen molar-refractivity contribution in [1.82, 2.24) is 5.32 Å². The molecule has 1 N–H and O–H groups in total. The molecule has 1 heterocycles. The van der Waals surface area contributed by atoms with Gasteiger partial charge in [-0.25, -0.2) is 0 Å². The van der Waals surface area contributed by atoms with E-state index in [9.17, 15) is 4.79 Å². The number of hydrogen-bond donors (Lipinski definition) is 1. The van der Waals surface area contributed by atoms with E-state index in [1.807, 2.05) is 31.2 Å². The number of hydrogen-bond acceptors (Lipinski definition) is 2. The molecule has 110 valence electrons. The zero-order chi connectivity index (χ0) is 14.7. The van der Waals surface area contributed by atoms with Crippen LogP contribution in [-0.4, -0.2) is 11.9 Å². The first-order valence-corrected chi connectivity index (χ1v) is 7.65. The van der Waals surface area contributed by atoms with Crippen LogP contribution in [0.1, 0.15) is 31.9 Å². The minimum atomic E-state index is 0.0870. The van der Waals surface area contributed by atoms with Gasteiger partial charge in [-0.05, 0) is 38.3 Å².